The van der Waals surface area contributed by atoms with Gasteiger partial charge in [-0.05, 0) is 43.0 Å². The number of sulfonamides is 1. The van der Waals surface area contributed by atoms with E-state index in [0.29, 0.717) is 24.8 Å². The highest BCUT2D eigenvalue weighted by molar-refractivity contribution is 7.89. The minimum atomic E-state index is -3.05. The molecule has 0 amide bonds. The van der Waals surface area contributed by atoms with Gasteiger partial charge in [-0.1, -0.05) is 0 Å². The zero-order valence-corrected chi connectivity index (χ0v) is 12.3. The Kier molecular flexibility index (Phi) is 3.60. The maximum atomic E-state index is 12.2. The van der Waals surface area contributed by atoms with E-state index in [1.54, 1.807) is 4.31 Å². The minimum absolute atomic E-state index is 0.342. The van der Waals surface area contributed by atoms with Gasteiger partial charge in [-0.2, -0.15) is 4.31 Å². The van der Waals surface area contributed by atoms with Crippen LogP contribution in [0.5, 0.6) is 0 Å². The molecule has 1 aliphatic carbocycles. The fraction of sp³-hybridized carbons (Fsp3) is 0.571. The van der Waals surface area contributed by atoms with Crippen LogP contribution in [0.4, 0.5) is 11.4 Å². The summed E-state index contributed by atoms with van der Waals surface area (Å²) in [6, 6.07) is 7.74. The Labute approximate surface area is 120 Å². The predicted octanol–water partition coefficient (Wildman–Crippen LogP) is 1.13. The number of hydrogen-bond acceptors (Lipinski definition) is 4. The van der Waals surface area contributed by atoms with Gasteiger partial charge in [0.15, 0.2) is 0 Å². The van der Waals surface area contributed by atoms with E-state index in [2.05, 4.69) is 4.90 Å². The Morgan fingerprint density at radius 1 is 1.05 bits per heavy atom. The minimum Gasteiger partial charge on any atom is -0.399 e. The van der Waals surface area contributed by atoms with Crippen molar-refractivity contribution in [1.29, 1.82) is 0 Å². The summed E-state index contributed by atoms with van der Waals surface area (Å²) in [5, 5.41) is 0. The molecule has 0 unspecified atom stereocenters. The second kappa shape index (κ2) is 5.26. The van der Waals surface area contributed by atoms with Crippen LogP contribution >= 0.6 is 0 Å². The van der Waals surface area contributed by atoms with Crippen molar-refractivity contribution in [3.05, 3.63) is 24.3 Å². The summed E-state index contributed by atoms with van der Waals surface area (Å²) in [6.45, 7) is 2.65. The Bertz CT molecular complexity index is 559. The molecule has 2 fully saturated rings. The number of piperazine rings is 1. The average Bonchev–Trinajstić information content (AvgIpc) is 3.23. The van der Waals surface area contributed by atoms with Gasteiger partial charge in [0.2, 0.25) is 10.0 Å². The van der Waals surface area contributed by atoms with Gasteiger partial charge in [-0.25, -0.2) is 8.42 Å². The molecule has 6 heteroatoms. The standard InChI is InChI=1S/C14H21N3O2S/c15-13-3-5-14(6-4-13)16-7-9-17(10-8-16)20(18,19)11-12-1-2-12/h3-6,12H,1-2,7-11,15H2. The average molecular weight is 295 g/mol. The molecule has 110 valence electrons. The molecule has 2 aliphatic rings. The van der Waals surface area contributed by atoms with Gasteiger partial charge in [0.25, 0.3) is 0 Å². The molecule has 0 radical (unpaired) electrons. The molecular weight excluding hydrogens is 274 g/mol. The van der Waals surface area contributed by atoms with E-state index in [9.17, 15) is 8.42 Å². The van der Waals surface area contributed by atoms with E-state index in [1.165, 1.54) is 0 Å². The van der Waals surface area contributed by atoms with Gasteiger partial charge in [-0.15, -0.1) is 0 Å². The van der Waals surface area contributed by atoms with E-state index in [-0.39, 0.29) is 0 Å². The van der Waals surface area contributed by atoms with Gasteiger partial charge in [0, 0.05) is 37.6 Å². The normalized spacial score (nSPS) is 21.1. The summed E-state index contributed by atoms with van der Waals surface area (Å²) < 4.78 is 26.1. The highest BCUT2D eigenvalue weighted by atomic mass is 32.2. The lowest BCUT2D eigenvalue weighted by atomic mass is 10.2. The number of nitrogens with zero attached hydrogens (tertiary/aromatic N) is 2. The number of rotatable bonds is 4. The van der Waals surface area contributed by atoms with E-state index in [1.807, 2.05) is 24.3 Å². The smallest absolute Gasteiger partial charge is 0.214 e. The largest absolute Gasteiger partial charge is 0.399 e. The molecule has 2 N–H and O–H groups in total. The maximum Gasteiger partial charge on any atom is 0.214 e. The molecule has 20 heavy (non-hydrogen) atoms. The topological polar surface area (TPSA) is 66.6 Å². The molecule has 0 bridgehead atoms. The van der Waals surface area contributed by atoms with Crippen molar-refractivity contribution in [2.24, 2.45) is 5.92 Å². The summed E-state index contributed by atoms with van der Waals surface area (Å²) >= 11 is 0. The summed E-state index contributed by atoms with van der Waals surface area (Å²) in [6.07, 6.45) is 2.15. The van der Waals surface area contributed by atoms with Crippen LogP contribution in [-0.2, 0) is 10.0 Å². The summed E-state index contributed by atoms with van der Waals surface area (Å²) in [5.74, 6) is 0.754. The van der Waals surface area contributed by atoms with Crippen molar-refractivity contribution in [2.45, 2.75) is 12.8 Å². The second-order valence-corrected chi connectivity index (χ2v) is 7.71. The van der Waals surface area contributed by atoms with Gasteiger partial charge in [-0.3, -0.25) is 0 Å². The first kappa shape index (κ1) is 13.7. The number of anilines is 2. The third-order valence-corrected chi connectivity index (χ3v) is 6.08. The fourth-order valence-corrected chi connectivity index (χ4v) is 4.46. The fourth-order valence-electron chi connectivity index (χ4n) is 2.60. The zero-order chi connectivity index (χ0) is 14.2. The van der Waals surface area contributed by atoms with Gasteiger partial charge >= 0.3 is 0 Å². The van der Waals surface area contributed by atoms with Gasteiger partial charge in [0.05, 0.1) is 5.75 Å². The van der Waals surface area contributed by atoms with Crippen molar-refractivity contribution >= 4 is 21.4 Å². The van der Waals surface area contributed by atoms with Crippen LogP contribution in [0.25, 0.3) is 0 Å². The van der Waals surface area contributed by atoms with E-state index < -0.39 is 10.0 Å². The van der Waals surface area contributed by atoms with Crippen molar-refractivity contribution in [3.8, 4) is 0 Å². The summed E-state index contributed by atoms with van der Waals surface area (Å²) in [4.78, 5) is 2.21. The van der Waals surface area contributed by atoms with Crippen molar-refractivity contribution in [1.82, 2.24) is 4.31 Å². The Morgan fingerprint density at radius 3 is 2.20 bits per heavy atom. The van der Waals surface area contributed by atoms with Crippen LogP contribution in [-0.4, -0.2) is 44.7 Å². The third-order valence-electron chi connectivity index (χ3n) is 4.03. The van der Waals surface area contributed by atoms with Crippen LogP contribution in [0, 0.1) is 5.92 Å². The molecule has 3 rings (SSSR count). The predicted molar refractivity (Wildman–Crippen MR) is 81.2 cm³/mol. The van der Waals surface area contributed by atoms with Crippen LogP contribution in [0.1, 0.15) is 12.8 Å². The zero-order valence-electron chi connectivity index (χ0n) is 11.5. The molecule has 0 spiro atoms. The molecule has 0 atom stereocenters. The van der Waals surface area contributed by atoms with E-state index >= 15 is 0 Å². The maximum absolute atomic E-state index is 12.2. The lowest BCUT2D eigenvalue weighted by molar-refractivity contribution is 0.384. The molecule has 0 aromatic heterocycles. The Hall–Kier alpha value is -1.27. The molecule has 1 saturated carbocycles. The van der Waals surface area contributed by atoms with Crippen LogP contribution in [0.2, 0.25) is 0 Å². The molecule has 1 saturated heterocycles. The first-order valence-corrected chi connectivity index (χ1v) is 8.74. The van der Waals surface area contributed by atoms with Gasteiger partial charge in [0.1, 0.15) is 0 Å². The number of benzene rings is 1. The number of nitrogen functional groups attached to an aromatic ring is 1. The molecule has 1 aromatic rings. The number of nitrogens with two attached hydrogens (primary N) is 1. The second-order valence-electron chi connectivity index (χ2n) is 5.70. The first-order valence-electron chi connectivity index (χ1n) is 7.13. The highest BCUT2D eigenvalue weighted by Crippen LogP contribution is 2.31. The SMILES string of the molecule is Nc1ccc(N2CCN(S(=O)(=O)CC3CC3)CC2)cc1. The van der Waals surface area contributed by atoms with Crippen molar-refractivity contribution < 1.29 is 8.42 Å². The van der Waals surface area contributed by atoms with Gasteiger partial charge < -0.3 is 10.6 Å². The monoisotopic (exact) mass is 295 g/mol. The van der Waals surface area contributed by atoms with E-state index in [4.69, 9.17) is 5.73 Å². The Morgan fingerprint density at radius 2 is 1.65 bits per heavy atom. The summed E-state index contributed by atoms with van der Waals surface area (Å²) in [7, 11) is -3.05. The first-order chi connectivity index (χ1) is 9.54. The summed E-state index contributed by atoms with van der Waals surface area (Å²) in [5.41, 5.74) is 7.54. The third kappa shape index (κ3) is 3.07. The molecule has 1 aliphatic heterocycles. The lowest BCUT2D eigenvalue weighted by Crippen LogP contribution is -2.49. The molecule has 1 heterocycles. The van der Waals surface area contributed by atoms with Crippen LogP contribution < -0.4 is 10.6 Å². The number of hydrogen-bond donors (Lipinski definition) is 1. The highest BCUT2D eigenvalue weighted by Gasteiger charge is 2.33. The van der Waals surface area contributed by atoms with Crippen molar-refractivity contribution in [2.75, 3.05) is 42.6 Å². The van der Waals surface area contributed by atoms with E-state index in [0.717, 1.165) is 37.3 Å². The molecule has 1 aromatic carbocycles. The molecular formula is C14H21N3O2S. The van der Waals surface area contributed by atoms with Crippen LogP contribution in [0.15, 0.2) is 24.3 Å². The Balaban J connectivity index is 1.60. The van der Waals surface area contributed by atoms with Crippen LogP contribution in [0.3, 0.4) is 0 Å². The molecule has 5 nitrogen and oxygen atoms in total. The van der Waals surface area contributed by atoms with Crippen molar-refractivity contribution in [3.63, 3.8) is 0 Å². The quantitative estimate of drug-likeness (QED) is 0.846. The lowest BCUT2D eigenvalue weighted by Gasteiger charge is -2.35.